The van der Waals surface area contributed by atoms with Crippen LogP contribution < -0.4 is 5.32 Å². The third kappa shape index (κ3) is 3.66. The van der Waals surface area contributed by atoms with Gasteiger partial charge in [-0.1, -0.05) is 26.7 Å². The molecule has 1 N–H and O–H groups in total. The zero-order valence-electron chi connectivity index (χ0n) is 13.7. The second-order valence-electron chi connectivity index (χ2n) is 7.44. The van der Waals surface area contributed by atoms with Crippen LogP contribution in [0.2, 0.25) is 0 Å². The molecule has 1 aliphatic carbocycles. The summed E-state index contributed by atoms with van der Waals surface area (Å²) >= 11 is 1.82. The van der Waals surface area contributed by atoms with Crippen LogP contribution in [-0.4, -0.2) is 34.6 Å². The third-order valence-electron chi connectivity index (χ3n) is 5.04. The summed E-state index contributed by atoms with van der Waals surface area (Å²) in [5, 5.41) is 7.38. The highest BCUT2D eigenvalue weighted by molar-refractivity contribution is 7.09. The Labute approximate surface area is 133 Å². The maximum absolute atomic E-state index is 4.69. The van der Waals surface area contributed by atoms with E-state index >= 15 is 0 Å². The molecule has 1 spiro atoms. The van der Waals surface area contributed by atoms with Gasteiger partial charge in [-0.2, -0.15) is 0 Å². The summed E-state index contributed by atoms with van der Waals surface area (Å²) in [6.07, 6.45) is 6.79. The Hall–Kier alpha value is -0.450. The maximum Gasteiger partial charge on any atom is 0.107 e. The first-order valence-corrected chi connectivity index (χ1v) is 9.34. The van der Waals surface area contributed by atoms with Crippen molar-refractivity contribution in [3.05, 3.63) is 16.1 Å². The molecule has 1 aromatic heterocycles. The van der Waals surface area contributed by atoms with Crippen molar-refractivity contribution in [1.29, 1.82) is 0 Å². The van der Waals surface area contributed by atoms with Crippen molar-refractivity contribution in [3.63, 3.8) is 0 Å². The normalized spacial score (nSPS) is 26.0. The van der Waals surface area contributed by atoms with Gasteiger partial charge in [0.25, 0.3) is 0 Å². The van der Waals surface area contributed by atoms with Crippen LogP contribution in [0.25, 0.3) is 0 Å². The predicted molar refractivity (Wildman–Crippen MR) is 89.7 cm³/mol. The molecule has 1 atom stereocenters. The Morgan fingerprint density at radius 3 is 2.81 bits per heavy atom. The van der Waals surface area contributed by atoms with Crippen LogP contribution in [0.15, 0.2) is 5.38 Å². The molecule has 1 aliphatic heterocycles. The number of hydrogen-bond acceptors (Lipinski definition) is 4. The minimum Gasteiger partial charge on any atom is -0.308 e. The first kappa shape index (κ1) is 15.4. The summed E-state index contributed by atoms with van der Waals surface area (Å²) in [6.45, 7) is 10.2. The van der Waals surface area contributed by atoms with Gasteiger partial charge in [0, 0.05) is 35.7 Å². The Balaban J connectivity index is 1.72. The summed E-state index contributed by atoms with van der Waals surface area (Å²) in [7, 11) is 0. The van der Waals surface area contributed by atoms with E-state index in [1.54, 1.807) is 0 Å². The Bertz CT molecular complexity index is 462. The number of piperazine rings is 1. The van der Waals surface area contributed by atoms with Crippen LogP contribution in [0.4, 0.5) is 0 Å². The van der Waals surface area contributed by atoms with Gasteiger partial charge in [0.05, 0.1) is 6.54 Å². The number of rotatable bonds is 4. The van der Waals surface area contributed by atoms with E-state index in [1.165, 1.54) is 49.4 Å². The van der Waals surface area contributed by atoms with Gasteiger partial charge in [-0.3, -0.25) is 4.90 Å². The Kier molecular flexibility index (Phi) is 4.67. The van der Waals surface area contributed by atoms with Gasteiger partial charge < -0.3 is 5.32 Å². The van der Waals surface area contributed by atoms with Crippen LogP contribution in [0.1, 0.15) is 56.7 Å². The number of hydrogen-bond donors (Lipinski definition) is 1. The standard InChI is InChI=1S/C17H29N3S/c1-13(2)8-15-9-18-17(6-4-5-7-17)12-20(15)10-16-19-14(3)11-21-16/h11,13,15,18H,4-10,12H2,1-3H3. The van der Waals surface area contributed by atoms with E-state index in [4.69, 9.17) is 0 Å². The lowest BCUT2D eigenvalue weighted by Crippen LogP contribution is -2.62. The van der Waals surface area contributed by atoms with E-state index in [-0.39, 0.29) is 0 Å². The molecule has 2 fully saturated rings. The monoisotopic (exact) mass is 307 g/mol. The molecule has 0 aromatic carbocycles. The molecular formula is C17H29N3S. The fraction of sp³-hybridized carbons (Fsp3) is 0.824. The van der Waals surface area contributed by atoms with Gasteiger partial charge in [-0.15, -0.1) is 11.3 Å². The topological polar surface area (TPSA) is 28.2 Å². The fourth-order valence-corrected chi connectivity index (χ4v) is 4.83. The molecule has 2 aliphatic rings. The van der Waals surface area contributed by atoms with E-state index in [2.05, 4.69) is 41.4 Å². The van der Waals surface area contributed by atoms with Gasteiger partial charge in [-0.25, -0.2) is 4.98 Å². The Morgan fingerprint density at radius 2 is 2.19 bits per heavy atom. The van der Waals surface area contributed by atoms with Gasteiger partial charge in [0.1, 0.15) is 5.01 Å². The van der Waals surface area contributed by atoms with E-state index < -0.39 is 0 Å². The number of nitrogens with one attached hydrogen (secondary N) is 1. The third-order valence-corrected chi connectivity index (χ3v) is 6.00. The van der Waals surface area contributed by atoms with E-state index in [0.29, 0.717) is 11.6 Å². The largest absolute Gasteiger partial charge is 0.308 e. The number of thiazole rings is 1. The summed E-state index contributed by atoms with van der Waals surface area (Å²) < 4.78 is 0. The quantitative estimate of drug-likeness (QED) is 0.921. The maximum atomic E-state index is 4.69. The molecule has 4 heteroatoms. The van der Waals surface area contributed by atoms with Gasteiger partial charge in [0.2, 0.25) is 0 Å². The molecule has 1 saturated carbocycles. The van der Waals surface area contributed by atoms with Gasteiger partial charge in [0.15, 0.2) is 0 Å². The molecule has 0 bridgehead atoms. The van der Waals surface area contributed by atoms with Crippen molar-refractivity contribution in [2.45, 2.75) is 71.0 Å². The van der Waals surface area contributed by atoms with Crippen molar-refractivity contribution < 1.29 is 0 Å². The predicted octanol–water partition coefficient (Wildman–Crippen LogP) is 3.58. The highest BCUT2D eigenvalue weighted by atomic mass is 32.1. The molecule has 2 heterocycles. The summed E-state index contributed by atoms with van der Waals surface area (Å²) in [6, 6.07) is 0.667. The van der Waals surface area contributed by atoms with Gasteiger partial charge >= 0.3 is 0 Å². The molecular weight excluding hydrogens is 278 g/mol. The SMILES string of the molecule is Cc1csc(CN2CC3(CCCC3)NCC2CC(C)C)n1. The van der Waals surface area contributed by atoms with Crippen molar-refractivity contribution in [1.82, 2.24) is 15.2 Å². The van der Waals surface area contributed by atoms with Crippen molar-refractivity contribution in [2.24, 2.45) is 5.92 Å². The fourth-order valence-electron chi connectivity index (χ4n) is 4.03. The van der Waals surface area contributed by atoms with E-state index in [9.17, 15) is 0 Å². The minimum absolute atomic E-state index is 0.403. The second-order valence-corrected chi connectivity index (χ2v) is 8.38. The lowest BCUT2D eigenvalue weighted by atomic mass is 9.90. The summed E-state index contributed by atoms with van der Waals surface area (Å²) in [4.78, 5) is 7.41. The lowest BCUT2D eigenvalue weighted by Gasteiger charge is -2.46. The summed E-state index contributed by atoms with van der Waals surface area (Å²) in [5.41, 5.74) is 1.57. The number of aromatic nitrogens is 1. The molecule has 1 aromatic rings. The molecule has 3 rings (SSSR count). The van der Waals surface area contributed by atoms with Gasteiger partial charge in [-0.05, 0) is 32.1 Å². The number of nitrogens with zero attached hydrogens (tertiary/aromatic N) is 2. The first-order chi connectivity index (χ1) is 10.1. The van der Waals surface area contributed by atoms with Crippen LogP contribution in [-0.2, 0) is 6.54 Å². The lowest BCUT2D eigenvalue weighted by molar-refractivity contribution is 0.0629. The van der Waals surface area contributed by atoms with Crippen LogP contribution in [0.5, 0.6) is 0 Å². The number of aryl methyl sites for hydroxylation is 1. The molecule has 118 valence electrons. The molecule has 1 unspecified atom stereocenters. The molecule has 1 saturated heterocycles. The minimum atomic E-state index is 0.403. The zero-order valence-corrected chi connectivity index (χ0v) is 14.5. The highest BCUT2D eigenvalue weighted by Gasteiger charge is 2.41. The van der Waals surface area contributed by atoms with Crippen molar-refractivity contribution in [3.8, 4) is 0 Å². The van der Waals surface area contributed by atoms with Crippen LogP contribution in [0.3, 0.4) is 0 Å². The van der Waals surface area contributed by atoms with Crippen LogP contribution in [0, 0.1) is 12.8 Å². The molecule has 0 radical (unpaired) electrons. The zero-order chi connectivity index (χ0) is 14.9. The van der Waals surface area contributed by atoms with E-state index in [0.717, 1.165) is 19.0 Å². The second kappa shape index (κ2) is 6.35. The summed E-state index contributed by atoms with van der Waals surface area (Å²) in [5.74, 6) is 0.759. The van der Waals surface area contributed by atoms with E-state index in [1.807, 2.05) is 11.3 Å². The molecule has 0 amide bonds. The van der Waals surface area contributed by atoms with Crippen LogP contribution >= 0.6 is 11.3 Å². The smallest absolute Gasteiger partial charge is 0.107 e. The highest BCUT2D eigenvalue weighted by Crippen LogP contribution is 2.34. The Morgan fingerprint density at radius 1 is 1.43 bits per heavy atom. The average Bonchev–Trinajstić information content (AvgIpc) is 3.03. The van der Waals surface area contributed by atoms with Crippen molar-refractivity contribution >= 4 is 11.3 Å². The first-order valence-electron chi connectivity index (χ1n) is 8.46. The average molecular weight is 308 g/mol. The molecule has 3 nitrogen and oxygen atoms in total. The molecule has 21 heavy (non-hydrogen) atoms. The van der Waals surface area contributed by atoms with Crippen molar-refractivity contribution in [2.75, 3.05) is 13.1 Å².